The van der Waals surface area contributed by atoms with Crippen LogP contribution in [0.2, 0.25) is 0 Å². The average Bonchev–Trinajstić information content (AvgIpc) is 2.52. The highest BCUT2D eigenvalue weighted by molar-refractivity contribution is 5.95. The molecule has 0 saturated carbocycles. The molecule has 0 aromatic rings. The smallest absolute Gasteiger partial charge is 0.158 e. The van der Waals surface area contributed by atoms with Gasteiger partial charge in [0.2, 0.25) is 0 Å². The predicted octanol–water partition coefficient (Wildman–Crippen LogP) is 4.07. The van der Waals surface area contributed by atoms with E-state index in [1.54, 1.807) is 0 Å². The summed E-state index contributed by atoms with van der Waals surface area (Å²) in [6.45, 7) is 10.4. The van der Waals surface area contributed by atoms with Crippen LogP contribution in [0.4, 0.5) is 0 Å². The van der Waals surface area contributed by atoms with Crippen LogP contribution in [0.1, 0.15) is 40.0 Å². The summed E-state index contributed by atoms with van der Waals surface area (Å²) in [4.78, 5) is 11.6. The summed E-state index contributed by atoms with van der Waals surface area (Å²) in [5.74, 6) is 1.19. The Morgan fingerprint density at radius 2 is 2.25 bits per heavy atom. The average molecular weight is 218 g/mol. The van der Waals surface area contributed by atoms with E-state index in [4.69, 9.17) is 0 Å². The molecule has 88 valence electrons. The van der Waals surface area contributed by atoms with Crippen molar-refractivity contribution in [3.63, 3.8) is 0 Å². The maximum Gasteiger partial charge on any atom is 0.158 e. The Kier molecular flexibility index (Phi) is 4.72. The number of hydrogen-bond donors (Lipinski definition) is 0. The second-order valence-electron chi connectivity index (χ2n) is 4.71. The van der Waals surface area contributed by atoms with Gasteiger partial charge in [0, 0.05) is 12.3 Å². The van der Waals surface area contributed by atoms with E-state index in [9.17, 15) is 4.79 Å². The fraction of sp³-hybridized carbons (Fsp3) is 0.533. The van der Waals surface area contributed by atoms with Crippen molar-refractivity contribution < 1.29 is 4.79 Å². The molecule has 1 aliphatic rings. The minimum absolute atomic E-state index is 0.278. The molecule has 0 heterocycles. The number of rotatable bonds is 4. The zero-order chi connectivity index (χ0) is 12.1. The van der Waals surface area contributed by atoms with E-state index in [0.717, 1.165) is 18.4 Å². The molecule has 0 saturated heterocycles. The van der Waals surface area contributed by atoms with E-state index >= 15 is 0 Å². The maximum atomic E-state index is 11.6. The van der Waals surface area contributed by atoms with Gasteiger partial charge in [-0.15, -0.1) is 0 Å². The van der Waals surface area contributed by atoms with E-state index in [-0.39, 0.29) is 5.78 Å². The first-order valence-electron chi connectivity index (χ1n) is 6.13. The quantitative estimate of drug-likeness (QED) is 0.650. The van der Waals surface area contributed by atoms with Gasteiger partial charge in [0.1, 0.15) is 0 Å². The van der Waals surface area contributed by atoms with Gasteiger partial charge in [0.05, 0.1) is 0 Å². The van der Waals surface area contributed by atoms with Crippen LogP contribution >= 0.6 is 0 Å². The molecule has 0 amide bonds. The number of carbonyl (C=O) groups is 1. The van der Waals surface area contributed by atoms with Crippen molar-refractivity contribution in [1.29, 1.82) is 0 Å². The Morgan fingerprint density at radius 1 is 1.56 bits per heavy atom. The molecule has 0 aromatic carbocycles. The van der Waals surface area contributed by atoms with Crippen molar-refractivity contribution >= 4 is 5.78 Å². The van der Waals surface area contributed by atoms with Gasteiger partial charge < -0.3 is 0 Å². The standard InChI is InChI=1S/C15H22O/c1-5-15(16)14-8-6-7-13(9-10-14)12(4)11(2)3/h6-7,10-11,13H,4-5,8-9H2,1-3H3. The fourth-order valence-electron chi connectivity index (χ4n) is 1.95. The summed E-state index contributed by atoms with van der Waals surface area (Å²) >= 11 is 0. The Balaban J connectivity index is 2.74. The Labute approximate surface area is 98.9 Å². The number of hydrogen-bond acceptors (Lipinski definition) is 1. The molecule has 0 aliphatic heterocycles. The molecule has 0 bridgehead atoms. The van der Waals surface area contributed by atoms with Crippen molar-refractivity contribution in [2.45, 2.75) is 40.0 Å². The first kappa shape index (κ1) is 13.0. The second-order valence-corrected chi connectivity index (χ2v) is 4.71. The largest absolute Gasteiger partial charge is 0.295 e. The molecule has 1 rings (SSSR count). The van der Waals surface area contributed by atoms with Crippen molar-refractivity contribution in [3.8, 4) is 0 Å². The van der Waals surface area contributed by atoms with Crippen molar-refractivity contribution in [2.24, 2.45) is 11.8 Å². The zero-order valence-corrected chi connectivity index (χ0v) is 10.6. The minimum Gasteiger partial charge on any atom is -0.295 e. The van der Waals surface area contributed by atoms with Crippen LogP contribution in [0, 0.1) is 11.8 Å². The molecule has 0 fully saturated rings. The van der Waals surface area contributed by atoms with Crippen molar-refractivity contribution in [2.75, 3.05) is 0 Å². The van der Waals surface area contributed by atoms with Crippen molar-refractivity contribution in [1.82, 2.24) is 0 Å². The lowest BCUT2D eigenvalue weighted by molar-refractivity contribution is -0.115. The fourth-order valence-corrected chi connectivity index (χ4v) is 1.95. The van der Waals surface area contributed by atoms with E-state index < -0.39 is 0 Å². The van der Waals surface area contributed by atoms with Gasteiger partial charge in [-0.2, -0.15) is 0 Å². The van der Waals surface area contributed by atoms with E-state index in [0.29, 0.717) is 18.3 Å². The van der Waals surface area contributed by atoms with Gasteiger partial charge in [-0.05, 0) is 24.3 Å². The number of carbonyl (C=O) groups excluding carboxylic acids is 1. The number of ketones is 1. The van der Waals surface area contributed by atoms with Gasteiger partial charge in [0.15, 0.2) is 5.78 Å². The van der Waals surface area contributed by atoms with Crippen LogP contribution < -0.4 is 0 Å². The van der Waals surface area contributed by atoms with Crippen LogP contribution in [-0.4, -0.2) is 5.78 Å². The predicted molar refractivity (Wildman–Crippen MR) is 69.2 cm³/mol. The van der Waals surface area contributed by atoms with E-state index in [1.807, 2.05) is 6.92 Å². The molecule has 1 aliphatic carbocycles. The molecule has 1 unspecified atom stereocenters. The Morgan fingerprint density at radius 3 is 2.81 bits per heavy atom. The first-order chi connectivity index (χ1) is 7.56. The highest BCUT2D eigenvalue weighted by atomic mass is 16.1. The first-order valence-corrected chi connectivity index (χ1v) is 6.13. The molecule has 1 nitrogen and oxygen atoms in total. The molecule has 1 heteroatoms. The normalized spacial score (nSPS) is 20.5. The topological polar surface area (TPSA) is 17.1 Å². The van der Waals surface area contributed by atoms with E-state index in [1.165, 1.54) is 5.57 Å². The van der Waals surface area contributed by atoms with Gasteiger partial charge in [0.25, 0.3) is 0 Å². The maximum absolute atomic E-state index is 11.6. The van der Waals surface area contributed by atoms with Gasteiger partial charge in [-0.1, -0.05) is 51.2 Å². The zero-order valence-electron chi connectivity index (χ0n) is 10.6. The third kappa shape index (κ3) is 3.19. The third-order valence-corrected chi connectivity index (χ3v) is 3.22. The Bertz CT molecular complexity index is 331. The summed E-state index contributed by atoms with van der Waals surface area (Å²) in [5.41, 5.74) is 2.23. The highest BCUT2D eigenvalue weighted by Gasteiger charge is 2.15. The van der Waals surface area contributed by atoms with Crippen molar-refractivity contribution in [3.05, 3.63) is 36.0 Å². The summed E-state index contributed by atoms with van der Waals surface area (Å²) in [5, 5.41) is 0. The van der Waals surface area contributed by atoms with Gasteiger partial charge >= 0.3 is 0 Å². The van der Waals surface area contributed by atoms with Crippen LogP contribution in [0.15, 0.2) is 36.0 Å². The summed E-state index contributed by atoms with van der Waals surface area (Å²) in [6.07, 6.45) is 8.74. The summed E-state index contributed by atoms with van der Waals surface area (Å²) < 4.78 is 0. The molecule has 0 spiro atoms. The molecule has 0 aromatic heterocycles. The SMILES string of the molecule is C=C(C(C)C)C1C=CCC(C(=O)CC)=CC1. The third-order valence-electron chi connectivity index (χ3n) is 3.22. The minimum atomic E-state index is 0.278. The van der Waals surface area contributed by atoms with Gasteiger partial charge in [-0.3, -0.25) is 4.79 Å². The van der Waals surface area contributed by atoms with Gasteiger partial charge in [-0.25, -0.2) is 0 Å². The number of allylic oxidation sites excluding steroid dienone is 5. The molecule has 0 N–H and O–H groups in total. The molecule has 16 heavy (non-hydrogen) atoms. The highest BCUT2D eigenvalue weighted by Crippen LogP contribution is 2.27. The Hall–Kier alpha value is -1.11. The second kappa shape index (κ2) is 5.83. The van der Waals surface area contributed by atoms with Crippen LogP contribution in [0.3, 0.4) is 0 Å². The lowest BCUT2D eigenvalue weighted by Crippen LogP contribution is -2.05. The number of Topliss-reactive ketones (excluding diaryl/α,β-unsaturated/α-hetero) is 1. The van der Waals surface area contributed by atoms with E-state index in [2.05, 4.69) is 38.7 Å². The lowest BCUT2D eigenvalue weighted by atomic mass is 9.89. The summed E-state index contributed by atoms with van der Waals surface area (Å²) in [7, 11) is 0. The lowest BCUT2D eigenvalue weighted by Gasteiger charge is -2.16. The molecule has 1 atom stereocenters. The molecular formula is C15H22O. The monoisotopic (exact) mass is 218 g/mol. The summed E-state index contributed by atoms with van der Waals surface area (Å²) in [6, 6.07) is 0. The van der Waals surface area contributed by atoms with Crippen LogP contribution in [0.25, 0.3) is 0 Å². The van der Waals surface area contributed by atoms with Crippen LogP contribution in [-0.2, 0) is 4.79 Å². The molecular weight excluding hydrogens is 196 g/mol. The van der Waals surface area contributed by atoms with Crippen LogP contribution in [0.5, 0.6) is 0 Å². The molecule has 0 radical (unpaired) electrons.